The second-order valence-corrected chi connectivity index (χ2v) is 3.91. The first kappa shape index (κ1) is 12.7. The summed E-state index contributed by atoms with van der Waals surface area (Å²) in [6, 6.07) is 1.48. The molecule has 5 heteroatoms. The predicted molar refractivity (Wildman–Crippen MR) is 62.6 cm³/mol. The lowest BCUT2D eigenvalue weighted by Gasteiger charge is -2.11. The van der Waals surface area contributed by atoms with Gasteiger partial charge in [0, 0.05) is 13.2 Å². The Morgan fingerprint density at radius 2 is 2.44 bits per heavy atom. The maximum absolute atomic E-state index is 11.6. The first-order valence-corrected chi connectivity index (χ1v) is 5.65. The minimum Gasteiger partial charge on any atom is -0.349 e. The van der Waals surface area contributed by atoms with Gasteiger partial charge in [-0.05, 0) is 12.5 Å². The van der Waals surface area contributed by atoms with Gasteiger partial charge in [-0.2, -0.15) is 5.10 Å². The van der Waals surface area contributed by atoms with Gasteiger partial charge in [-0.3, -0.25) is 9.48 Å². The van der Waals surface area contributed by atoms with E-state index < -0.39 is 6.04 Å². The standard InChI is InChI=1S/C11H20N4O/c1-3-4-5-10(12)11(16)13-8-9-6-7-14-15(9)2/h6-7,10H,3-5,8,12H2,1-2H3,(H,13,16)/t10-/m0/s1. The number of carbonyl (C=O) groups is 1. The van der Waals surface area contributed by atoms with E-state index in [9.17, 15) is 4.79 Å². The quantitative estimate of drug-likeness (QED) is 0.741. The number of carbonyl (C=O) groups excluding carboxylic acids is 1. The van der Waals surface area contributed by atoms with E-state index in [0.29, 0.717) is 6.54 Å². The molecule has 0 aliphatic rings. The van der Waals surface area contributed by atoms with E-state index in [4.69, 9.17) is 5.73 Å². The zero-order valence-electron chi connectivity index (χ0n) is 9.94. The zero-order valence-corrected chi connectivity index (χ0v) is 9.94. The minimum absolute atomic E-state index is 0.0883. The smallest absolute Gasteiger partial charge is 0.237 e. The van der Waals surface area contributed by atoms with Crippen molar-refractivity contribution in [3.8, 4) is 0 Å². The van der Waals surface area contributed by atoms with Crippen LogP contribution in [0.15, 0.2) is 12.3 Å². The molecule has 0 saturated heterocycles. The summed E-state index contributed by atoms with van der Waals surface area (Å²) in [5.41, 5.74) is 6.71. The third-order valence-electron chi connectivity index (χ3n) is 2.57. The molecule has 0 radical (unpaired) electrons. The van der Waals surface area contributed by atoms with E-state index >= 15 is 0 Å². The maximum atomic E-state index is 11.6. The SMILES string of the molecule is CCCC[C@H](N)C(=O)NCc1ccnn1C. The average molecular weight is 224 g/mol. The molecule has 90 valence electrons. The summed E-state index contributed by atoms with van der Waals surface area (Å²) < 4.78 is 1.73. The Hall–Kier alpha value is -1.36. The molecular formula is C11H20N4O. The van der Waals surface area contributed by atoms with Crippen molar-refractivity contribution in [2.45, 2.75) is 38.8 Å². The van der Waals surface area contributed by atoms with Crippen molar-refractivity contribution in [3.63, 3.8) is 0 Å². The van der Waals surface area contributed by atoms with Crippen LogP contribution in [0.3, 0.4) is 0 Å². The molecule has 1 atom stereocenters. The highest BCUT2D eigenvalue weighted by Gasteiger charge is 2.12. The Balaban J connectivity index is 2.32. The van der Waals surface area contributed by atoms with Crippen LogP contribution in [0, 0.1) is 0 Å². The first-order chi connectivity index (χ1) is 7.65. The van der Waals surface area contributed by atoms with Gasteiger partial charge in [0.25, 0.3) is 0 Å². The molecule has 1 heterocycles. The Kier molecular flexibility index (Phi) is 4.98. The van der Waals surface area contributed by atoms with Gasteiger partial charge in [0.05, 0.1) is 18.3 Å². The number of amides is 1. The van der Waals surface area contributed by atoms with Crippen molar-refractivity contribution < 1.29 is 4.79 Å². The molecule has 0 aliphatic carbocycles. The lowest BCUT2D eigenvalue weighted by molar-refractivity contribution is -0.122. The highest BCUT2D eigenvalue weighted by molar-refractivity contribution is 5.81. The third kappa shape index (κ3) is 3.66. The summed E-state index contributed by atoms with van der Waals surface area (Å²) in [5, 5.41) is 6.83. The van der Waals surface area contributed by atoms with Crippen molar-refractivity contribution >= 4 is 5.91 Å². The average Bonchev–Trinajstić information content (AvgIpc) is 2.68. The predicted octanol–water partition coefficient (Wildman–Crippen LogP) is 0.554. The number of nitrogens with one attached hydrogen (secondary N) is 1. The fourth-order valence-electron chi connectivity index (χ4n) is 1.44. The fraction of sp³-hybridized carbons (Fsp3) is 0.636. The number of hydrogen-bond donors (Lipinski definition) is 2. The topological polar surface area (TPSA) is 72.9 Å². The van der Waals surface area contributed by atoms with Gasteiger partial charge in [0.2, 0.25) is 5.91 Å². The summed E-state index contributed by atoms with van der Waals surface area (Å²) in [5.74, 6) is -0.0883. The molecule has 3 N–H and O–H groups in total. The van der Waals surface area contributed by atoms with Crippen molar-refractivity contribution in [1.29, 1.82) is 0 Å². The number of hydrogen-bond acceptors (Lipinski definition) is 3. The van der Waals surface area contributed by atoms with Crippen molar-refractivity contribution in [2.75, 3.05) is 0 Å². The highest BCUT2D eigenvalue weighted by atomic mass is 16.2. The Labute approximate surface area is 96.0 Å². The summed E-state index contributed by atoms with van der Waals surface area (Å²) in [7, 11) is 1.85. The largest absolute Gasteiger partial charge is 0.349 e. The number of nitrogens with two attached hydrogens (primary N) is 1. The summed E-state index contributed by atoms with van der Waals surface area (Å²) >= 11 is 0. The van der Waals surface area contributed by atoms with Crippen LogP contribution in [0.4, 0.5) is 0 Å². The second-order valence-electron chi connectivity index (χ2n) is 3.91. The summed E-state index contributed by atoms with van der Waals surface area (Å²) in [4.78, 5) is 11.6. The van der Waals surface area contributed by atoms with Gasteiger partial charge in [-0.15, -0.1) is 0 Å². The zero-order chi connectivity index (χ0) is 12.0. The molecule has 5 nitrogen and oxygen atoms in total. The van der Waals surface area contributed by atoms with Crippen LogP contribution in [0.2, 0.25) is 0 Å². The third-order valence-corrected chi connectivity index (χ3v) is 2.57. The van der Waals surface area contributed by atoms with Crippen LogP contribution >= 0.6 is 0 Å². The van der Waals surface area contributed by atoms with E-state index in [1.807, 2.05) is 13.1 Å². The molecule has 0 saturated carbocycles. The van der Waals surface area contributed by atoms with E-state index in [2.05, 4.69) is 17.3 Å². The van der Waals surface area contributed by atoms with Gasteiger partial charge in [0.1, 0.15) is 0 Å². The van der Waals surface area contributed by atoms with Crippen LogP contribution in [0.25, 0.3) is 0 Å². The highest BCUT2D eigenvalue weighted by Crippen LogP contribution is 1.99. The van der Waals surface area contributed by atoms with Gasteiger partial charge in [0.15, 0.2) is 0 Å². The molecule has 0 spiro atoms. The van der Waals surface area contributed by atoms with Crippen LogP contribution in [-0.4, -0.2) is 21.7 Å². The van der Waals surface area contributed by atoms with Crippen LogP contribution in [-0.2, 0) is 18.4 Å². The van der Waals surface area contributed by atoms with E-state index in [0.717, 1.165) is 25.0 Å². The molecule has 1 rings (SSSR count). The van der Waals surface area contributed by atoms with Gasteiger partial charge in [-0.1, -0.05) is 19.8 Å². The number of unbranched alkanes of at least 4 members (excludes halogenated alkanes) is 1. The molecule has 0 fully saturated rings. The number of nitrogens with zero attached hydrogens (tertiary/aromatic N) is 2. The monoisotopic (exact) mass is 224 g/mol. The van der Waals surface area contributed by atoms with Gasteiger partial charge >= 0.3 is 0 Å². The summed E-state index contributed by atoms with van der Waals surface area (Å²) in [6.07, 6.45) is 4.50. The molecule has 16 heavy (non-hydrogen) atoms. The van der Waals surface area contributed by atoms with E-state index in [1.165, 1.54) is 0 Å². The summed E-state index contributed by atoms with van der Waals surface area (Å²) in [6.45, 7) is 2.56. The number of rotatable bonds is 6. The Bertz CT molecular complexity index is 334. The molecule has 1 aromatic rings. The Morgan fingerprint density at radius 1 is 1.69 bits per heavy atom. The normalized spacial score (nSPS) is 12.4. The van der Waals surface area contributed by atoms with Gasteiger partial charge in [-0.25, -0.2) is 0 Å². The Morgan fingerprint density at radius 3 is 3.00 bits per heavy atom. The van der Waals surface area contributed by atoms with Crippen LogP contribution in [0.5, 0.6) is 0 Å². The van der Waals surface area contributed by atoms with Crippen molar-refractivity contribution in [2.24, 2.45) is 12.8 Å². The van der Waals surface area contributed by atoms with Crippen molar-refractivity contribution in [3.05, 3.63) is 18.0 Å². The molecule has 1 aromatic heterocycles. The van der Waals surface area contributed by atoms with Crippen LogP contribution in [0.1, 0.15) is 31.9 Å². The number of aromatic nitrogens is 2. The number of aryl methyl sites for hydroxylation is 1. The van der Waals surface area contributed by atoms with E-state index in [-0.39, 0.29) is 5.91 Å². The first-order valence-electron chi connectivity index (χ1n) is 5.65. The minimum atomic E-state index is -0.395. The second kappa shape index (κ2) is 6.27. The molecule has 0 bridgehead atoms. The fourth-order valence-corrected chi connectivity index (χ4v) is 1.44. The molecule has 1 amide bonds. The van der Waals surface area contributed by atoms with Crippen molar-refractivity contribution in [1.82, 2.24) is 15.1 Å². The van der Waals surface area contributed by atoms with Crippen LogP contribution < -0.4 is 11.1 Å². The molecular weight excluding hydrogens is 204 g/mol. The molecule has 0 aromatic carbocycles. The molecule has 0 aliphatic heterocycles. The maximum Gasteiger partial charge on any atom is 0.237 e. The molecule has 0 unspecified atom stereocenters. The lowest BCUT2D eigenvalue weighted by Crippen LogP contribution is -2.40. The van der Waals surface area contributed by atoms with E-state index in [1.54, 1.807) is 10.9 Å². The lowest BCUT2D eigenvalue weighted by atomic mass is 10.1. The van der Waals surface area contributed by atoms with Gasteiger partial charge < -0.3 is 11.1 Å².